The molecule has 0 bridgehead atoms. The van der Waals surface area contributed by atoms with Gasteiger partial charge in [-0.2, -0.15) is 4.98 Å². The molecule has 1 saturated heterocycles. The molecule has 1 unspecified atom stereocenters. The predicted molar refractivity (Wildman–Crippen MR) is 93.6 cm³/mol. The Labute approximate surface area is 152 Å². The van der Waals surface area contributed by atoms with E-state index in [2.05, 4.69) is 25.4 Å². The highest BCUT2D eigenvalue weighted by molar-refractivity contribution is 5.95. The summed E-state index contributed by atoms with van der Waals surface area (Å²) in [7, 11) is 0. The zero-order chi connectivity index (χ0) is 18.7. The second-order valence-corrected chi connectivity index (χ2v) is 6.96. The normalized spacial score (nSPS) is 16.7. The topological polar surface area (TPSA) is 103 Å². The summed E-state index contributed by atoms with van der Waals surface area (Å²) in [5.41, 5.74) is 1.10. The molecule has 2 aromatic heterocycles. The van der Waals surface area contributed by atoms with Crippen molar-refractivity contribution >= 4 is 5.91 Å². The van der Waals surface area contributed by atoms with E-state index in [0.29, 0.717) is 42.0 Å². The van der Waals surface area contributed by atoms with Crippen molar-refractivity contribution in [3.63, 3.8) is 0 Å². The highest BCUT2D eigenvalue weighted by Crippen LogP contribution is 2.30. The molecule has 0 saturated carbocycles. The van der Waals surface area contributed by atoms with Crippen LogP contribution in [0.5, 0.6) is 0 Å². The van der Waals surface area contributed by atoms with E-state index >= 15 is 0 Å². The Kier molecular flexibility index (Phi) is 5.61. The number of amides is 1. The molecule has 3 heterocycles. The molecular formula is C18H25N5O3. The molecule has 1 amide bonds. The molecule has 8 nitrogen and oxygen atoms in total. The average Bonchev–Trinajstić information content (AvgIpc) is 3.10. The SMILES string of the molecule is Cc1ncc(C(=O)NC(c2nc(C(C)C)no2)C2CCOCC2)c(C)n1. The third-order valence-electron chi connectivity index (χ3n) is 4.61. The van der Waals surface area contributed by atoms with Gasteiger partial charge in [-0.3, -0.25) is 4.79 Å². The zero-order valence-electron chi connectivity index (χ0n) is 15.7. The maximum atomic E-state index is 12.8. The van der Waals surface area contributed by atoms with Crippen molar-refractivity contribution in [2.75, 3.05) is 13.2 Å². The first-order valence-corrected chi connectivity index (χ1v) is 8.98. The van der Waals surface area contributed by atoms with Gasteiger partial charge < -0.3 is 14.6 Å². The first kappa shape index (κ1) is 18.4. The van der Waals surface area contributed by atoms with Crippen molar-refractivity contribution in [2.45, 2.75) is 52.5 Å². The lowest BCUT2D eigenvalue weighted by Crippen LogP contribution is -2.36. The van der Waals surface area contributed by atoms with Crippen molar-refractivity contribution < 1.29 is 14.1 Å². The minimum atomic E-state index is -0.355. The number of rotatable bonds is 5. The molecule has 0 radical (unpaired) electrons. The van der Waals surface area contributed by atoms with Crippen LogP contribution in [0, 0.1) is 19.8 Å². The number of nitrogens with one attached hydrogen (secondary N) is 1. The number of ether oxygens (including phenoxy) is 1. The number of carbonyl (C=O) groups excluding carboxylic acids is 1. The number of hydrogen-bond donors (Lipinski definition) is 1. The average molecular weight is 359 g/mol. The van der Waals surface area contributed by atoms with E-state index in [1.165, 1.54) is 0 Å². The fraction of sp³-hybridized carbons (Fsp3) is 0.611. The number of aryl methyl sites for hydroxylation is 2. The van der Waals surface area contributed by atoms with Crippen molar-refractivity contribution in [3.8, 4) is 0 Å². The molecule has 1 N–H and O–H groups in total. The Morgan fingerprint density at radius 1 is 1.23 bits per heavy atom. The predicted octanol–water partition coefficient (Wildman–Crippen LogP) is 2.50. The van der Waals surface area contributed by atoms with Crippen molar-refractivity contribution in [3.05, 3.63) is 35.0 Å². The molecule has 0 aliphatic carbocycles. The lowest BCUT2D eigenvalue weighted by Gasteiger charge is -2.28. The van der Waals surface area contributed by atoms with Crippen LogP contribution in [0.2, 0.25) is 0 Å². The summed E-state index contributed by atoms with van der Waals surface area (Å²) in [6.45, 7) is 8.93. The highest BCUT2D eigenvalue weighted by atomic mass is 16.5. The van der Waals surface area contributed by atoms with E-state index in [1.54, 1.807) is 20.0 Å². The molecule has 1 aliphatic rings. The van der Waals surface area contributed by atoms with E-state index in [1.807, 2.05) is 13.8 Å². The van der Waals surface area contributed by atoms with Gasteiger partial charge in [-0.1, -0.05) is 19.0 Å². The van der Waals surface area contributed by atoms with E-state index in [4.69, 9.17) is 9.26 Å². The largest absolute Gasteiger partial charge is 0.381 e. The van der Waals surface area contributed by atoms with Gasteiger partial charge >= 0.3 is 0 Å². The third-order valence-corrected chi connectivity index (χ3v) is 4.61. The standard InChI is InChI=1S/C18H25N5O3/c1-10(2)16-22-18(26-23-16)15(13-5-7-25-8-6-13)21-17(24)14-9-19-12(4)20-11(14)3/h9-10,13,15H,5-8H2,1-4H3,(H,21,24). The van der Waals surface area contributed by atoms with Crippen LogP contribution in [0.4, 0.5) is 0 Å². The van der Waals surface area contributed by atoms with Crippen LogP contribution in [0.15, 0.2) is 10.7 Å². The first-order chi connectivity index (χ1) is 12.5. The van der Waals surface area contributed by atoms with Gasteiger partial charge in [0.1, 0.15) is 11.9 Å². The van der Waals surface area contributed by atoms with E-state index < -0.39 is 0 Å². The van der Waals surface area contributed by atoms with Crippen LogP contribution in [0.3, 0.4) is 0 Å². The van der Waals surface area contributed by atoms with Gasteiger partial charge in [-0.15, -0.1) is 0 Å². The molecule has 140 valence electrons. The van der Waals surface area contributed by atoms with Crippen molar-refractivity contribution in [2.24, 2.45) is 5.92 Å². The van der Waals surface area contributed by atoms with E-state index in [-0.39, 0.29) is 23.8 Å². The van der Waals surface area contributed by atoms with Gasteiger partial charge in [0, 0.05) is 25.3 Å². The number of aromatic nitrogens is 4. The van der Waals surface area contributed by atoms with Crippen LogP contribution in [-0.4, -0.2) is 39.2 Å². The van der Waals surface area contributed by atoms with Gasteiger partial charge in [-0.25, -0.2) is 9.97 Å². The Morgan fingerprint density at radius 2 is 1.96 bits per heavy atom. The Morgan fingerprint density at radius 3 is 2.58 bits per heavy atom. The fourth-order valence-electron chi connectivity index (χ4n) is 3.06. The summed E-state index contributed by atoms with van der Waals surface area (Å²) in [4.78, 5) is 25.7. The van der Waals surface area contributed by atoms with Gasteiger partial charge in [0.05, 0.1) is 11.3 Å². The number of nitrogens with zero attached hydrogens (tertiary/aromatic N) is 4. The quantitative estimate of drug-likeness (QED) is 0.875. The summed E-state index contributed by atoms with van der Waals surface area (Å²) in [5.74, 6) is 1.83. The lowest BCUT2D eigenvalue weighted by molar-refractivity contribution is 0.0467. The van der Waals surface area contributed by atoms with E-state index in [0.717, 1.165) is 12.8 Å². The minimum Gasteiger partial charge on any atom is -0.381 e. The smallest absolute Gasteiger partial charge is 0.255 e. The van der Waals surface area contributed by atoms with Crippen LogP contribution in [0.25, 0.3) is 0 Å². The molecule has 8 heteroatoms. The zero-order valence-corrected chi connectivity index (χ0v) is 15.7. The summed E-state index contributed by atoms with van der Waals surface area (Å²) in [5, 5.41) is 7.11. The monoisotopic (exact) mass is 359 g/mol. The minimum absolute atomic E-state index is 0.159. The second kappa shape index (κ2) is 7.90. The molecule has 0 aromatic carbocycles. The molecule has 0 spiro atoms. The molecule has 1 fully saturated rings. The van der Waals surface area contributed by atoms with Crippen LogP contribution in [-0.2, 0) is 4.74 Å². The molecule has 2 aromatic rings. The first-order valence-electron chi connectivity index (χ1n) is 8.98. The molecule has 1 aliphatic heterocycles. The summed E-state index contributed by atoms with van der Waals surface area (Å²) < 4.78 is 10.9. The third kappa shape index (κ3) is 4.07. The molecule has 26 heavy (non-hydrogen) atoms. The van der Waals surface area contributed by atoms with Crippen LogP contribution >= 0.6 is 0 Å². The number of carbonyl (C=O) groups is 1. The summed E-state index contributed by atoms with van der Waals surface area (Å²) in [6, 6.07) is -0.355. The van der Waals surface area contributed by atoms with Gasteiger partial charge in [0.15, 0.2) is 5.82 Å². The van der Waals surface area contributed by atoms with Gasteiger partial charge in [-0.05, 0) is 32.6 Å². The van der Waals surface area contributed by atoms with Crippen LogP contribution < -0.4 is 5.32 Å². The Bertz CT molecular complexity index is 768. The molecule has 3 rings (SSSR count). The molecular weight excluding hydrogens is 334 g/mol. The maximum Gasteiger partial charge on any atom is 0.255 e. The summed E-state index contributed by atoms with van der Waals surface area (Å²) >= 11 is 0. The van der Waals surface area contributed by atoms with Crippen molar-refractivity contribution in [1.82, 2.24) is 25.4 Å². The van der Waals surface area contributed by atoms with Crippen molar-refractivity contribution in [1.29, 1.82) is 0 Å². The summed E-state index contributed by atoms with van der Waals surface area (Å²) in [6.07, 6.45) is 3.21. The highest BCUT2D eigenvalue weighted by Gasteiger charge is 2.32. The maximum absolute atomic E-state index is 12.8. The van der Waals surface area contributed by atoms with Gasteiger partial charge in [0.25, 0.3) is 5.91 Å². The molecule has 1 atom stereocenters. The lowest BCUT2D eigenvalue weighted by atomic mass is 9.91. The fourth-order valence-corrected chi connectivity index (χ4v) is 3.06. The Balaban J connectivity index is 1.85. The Hall–Kier alpha value is -2.35. The van der Waals surface area contributed by atoms with Gasteiger partial charge in [0.2, 0.25) is 5.89 Å². The number of hydrogen-bond acceptors (Lipinski definition) is 7. The second-order valence-electron chi connectivity index (χ2n) is 6.96. The van der Waals surface area contributed by atoms with Crippen LogP contribution in [0.1, 0.15) is 72.2 Å². The van der Waals surface area contributed by atoms with E-state index in [9.17, 15) is 4.79 Å².